The van der Waals surface area contributed by atoms with Crippen LogP contribution >= 0.6 is 31.9 Å². The highest BCUT2D eigenvalue weighted by Gasteiger charge is 2.14. The molecule has 0 spiro atoms. The molecule has 92 valence electrons. The van der Waals surface area contributed by atoms with Crippen LogP contribution in [0.3, 0.4) is 0 Å². The van der Waals surface area contributed by atoms with E-state index >= 15 is 0 Å². The first-order chi connectivity index (χ1) is 7.86. The van der Waals surface area contributed by atoms with Crippen molar-refractivity contribution >= 4 is 41.9 Å². The van der Waals surface area contributed by atoms with Gasteiger partial charge in [0.15, 0.2) is 0 Å². The number of hydrogen-bond donors (Lipinski definition) is 1. The summed E-state index contributed by atoms with van der Waals surface area (Å²) in [4.78, 5) is 0.000509. The lowest BCUT2D eigenvalue weighted by molar-refractivity contribution is 0.323. The number of terminal acetylenes is 1. The average Bonchev–Trinajstić information content (AvgIpc) is 2.20. The number of ether oxygens (including phenoxy) is 1. The van der Waals surface area contributed by atoms with Gasteiger partial charge in [-0.15, -0.1) is 12.3 Å². The predicted molar refractivity (Wildman–Crippen MR) is 72.2 cm³/mol. The summed E-state index contributed by atoms with van der Waals surface area (Å²) in [6.07, 6.45) is 5.57. The van der Waals surface area contributed by atoms with Crippen molar-refractivity contribution in [3.63, 3.8) is 0 Å². The van der Waals surface area contributed by atoms with E-state index in [1.807, 2.05) is 0 Å². The van der Waals surface area contributed by atoms with Gasteiger partial charge in [0.25, 0.3) is 0 Å². The Kier molecular flexibility index (Phi) is 5.01. The molecule has 0 bridgehead atoms. The van der Waals surface area contributed by atoms with Gasteiger partial charge in [-0.3, -0.25) is 0 Å². The molecule has 7 heteroatoms. The summed E-state index contributed by atoms with van der Waals surface area (Å²) in [6, 6.07) is 2.76. The van der Waals surface area contributed by atoms with E-state index in [0.29, 0.717) is 27.7 Å². The highest BCUT2D eigenvalue weighted by Crippen LogP contribution is 2.35. The first-order valence-corrected chi connectivity index (χ1v) is 7.57. The quantitative estimate of drug-likeness (QED) is 0.641. The maximum Gasteiger partial charge on any atom is 0.238 e. The second kappa shape index (κ2) is 5.87. The van der Waals surface area contributed by atoms with Gasteiger partial charge >= 0.3 is 0 Å². The third kappa shape index (κ3) is 4.00. The van der Waals surface area contributed by atoms with Crippen LogP contribution in [0.1, 0.15) is 6.42 Å². The Labute approximate surface area is 117 Å². The van der Waals surface area contributed by atoms with Gasteiger partial charge in [-0.1, -0.05) is 0 Å². The maximum atomic E-state index is 11.2. The zero-order valence-electron chi connectivity index (χ0n) is 8.61. The summed E-state index contributed by atoms with van der Waals surface area (Å²) in [5, 5.41) is 5.03. The van der Waals surface area contributed by atoms with Gasteiger partial charge in [0, 0.05) is 6.42 Å². The predicted octanol–water partition coefficient (Wildman–Crippen LogP) is 2.26. The molecule has 0 atom stereocenters. The van der Waals surface area contributed by atoms with Crippen LogP contribution in [0.5, 0.6) is 5.75 Å². The van der Waals surface area contributed by atoms with E-state index in [2.05, 4.69) is 37.8 Å². The second-order valence-electron chi connectivity index (χ2n) is 3.06. The number of rotatable bonds is 4. The molecular weight excluding hydrogens is 374 g/mol. The van der Waals surface area contributed by atoms with Crippen LogP contribution in [0.2, 0.25) is 0 Å². The number of benzene rings is 1. The lowest BCUT2D eigenvalue weighted by Gasteiger charge is -2.10. The van der Waals surface area contributed by atoms with Crippen LogP contribution < -0.4 is 9.88 Å². The molecule has 4 nitrogen and oxygen atoms in total. The van der Waals surface area contributed by atoms with Crippen molar-refractivity contribution < 1.29 is 13.2 Å². The van der Waals surface area contributed by atoms with Gasteiger partial charge in [0.2, 0.25) is 10.0 Å². The first kappa shape index (κ1) is 14.5. The zero-order chi connectivity index (χ0) is 13.1. The molecule has 0 amide bonds. The zero-order valence-corrected chi connectivity index (χ0v) is 12.6. The molecule has 0 aliphatic heterocycles. The third-order valence-corrected chi connectivity index (χ3v) is 3.86. The molecule has 1 rings (SSSR count). The molecule has 17 heavy (non-hydrogen) atoms. The van der Waals surface area contributed by atoms with E-state index < -0.39 is 10.0 Å². The Morgan fingerprint density at radius 1 is 1.35 bits per heavy atom. The molecule has 2 N–H and O–H groups in total. The number of sulfonamides is 1. The van der Waals surface area contributed by atoms with E-state index in [-0.39, 0.29) is 4.90 Å². The summed E-state index contributed by atoms with van der Waals surface area (Å²) in [5.74, 6) is 2.93. The smallest absolute Gasteiger partial charge is 0.238 e. The lowest BCUT2D eigenvalue weighted by Crippen LogP contribution is -2.12. The van der Waals surface area contributed by atoms with E-state index in [1.165, 1.54) is 12.1 Å². The first-order valence-electron chi connectivity index (χ1n) is 4.44. The summed E-state index contributed by atoms with van der Waals surface area (Å²) in [7, 11) is -3.74. The second-order valence-corrected chi connectivity index (χ2v) is 6.33. The number of nitrogens with two attached hydrogens (primary N) is 1. The van der Waals surface area contributed by atoms with Gasteiger partial charge in [-0.25, -0.2) is 13.6 Å². The van der Waals surface area contributed by atoms with E-state index in [9.17, 15) is 8.42 Å². The molecular formula is C10H9Br2NO3S. The molecule has 0 saturated heterocycles. The van der Waals surface area contributed by atoms with Crippen LogP contribution in [0.15, 0.2) is 26.0 Å². The van der Waals surface area contributed by atoms with Gasteiger partial charge < -0.3 is 4.74 Å². The SMILES string of the molecule is C#CCCOc1c(Br)cc(S(N)(=O)=O)cc1Br. The Morgan fingerprint density at radius 3 is 2.29 bits per heavy atom. The van der Waals surface area contributed by atoms with Crippen molar-refractivity contribution in [1.82, 2.24) is 0 Å². The maximum absolute atomic E-state index is 11.2. The lowest BCUT2D eigenvalue weighted by atomic mass is 10.3. The molecule has 0 heterocycles. The molecule has 0 aromatic heterocycles. The molecule has 0 aliphatic carbocycles. The standard InChI is InChI=1S/C10H9Br2NO3S/c1-2-3-4-16-10-8(11)5-7(6-9(10)12)17(13,14)15/h1,5-6H,3-4H2,(H2,13,14,15). The van der Waals surface area contributed by atoms with E-state index in [1.54, 1.807) is 0 Å². The van der Waals surface area contributed by atoms with Crippen molar-refractivity contribution in [3.05, 3.63) is 21.1 Å². The summed E-state index contributed by atoms with van der Waals surface area (Å²) >= 11 is 6.43. The highest BCUT2D eigenvalue weighted by molar-refractivity contribution is 9.11. The van der Waals surface area contributed by atoms with Crippen LogP contribution in [0.4, 0.5) is 0 Å². The molecule has 0 saturated carbocycles. The fraction of sp³-hybridized carbons (Fsp3) is 0.200. The van der Waals surface area contributed by atoms with Crippen LogP contribution in [0, 0.1) is 12.3 Å². The van der Waals surface area contributed by atoms with Gasteiger partial charge in [0.1, 0.15) is 5.75 Å². The van der Waals surface area contributed by atoms with Crippen molar-refractivity contribution in [3.8, 4) is 18.1 Å². The normalized spacial score (nSPS) is 10.9. The van der Waals surface area contributed by atoms with Crippen molar-refractivity contribution in [2.45, 2.75) is 11.3 Å². The number of primary sulfonamides is 1. The Hall–Kier alpha value is -0.550. The van der Waals surface area contributed by atoms with Gasteiger partial charge in [-0.05, 0) is 44.0 Å². The van der Waals surface area contributed by atoms with Gasteiger partial charge in [-0.2, -0.15) is 0 Å². The van der Waals surface area contributed by atoms with Crippen LogP contribution in [0.25, 0.3) is 0 Å². The van der Waals surface area contributed by atoms with Crippen molar-refractivity contribution in [2.75, 3.05) is 6.61 Å². The minimum atomic E-state index is -3.74. The topological polar surface area (TPSA) is 69.4 Å². The minimum absolute atomic E-state index is 0.000509. The Balaban J connectivity index is 3.08. The van der Waals surface area contributed by atoms with Crippen molar-refractivity contribution in [2.24, 2.45) is 5.14 Å². The summed E-state index contributed by atoms with van der Waals surface area (Å²) in [5.41, 5.74) is 0. The fourth-order valence-electron chi connectivity index (χ4n) is 1.05. The van der Waals surface area contributed by atoms with Crippen LogP contribution in [-0.4, -0.2) is 15.0 Å². The monoisotopic (exact) mass is 381 g/mol. The molecule has 0 fully saturated rings. The Morgan fingerprint density at radius 2 is 1.88 bits per heavy atom. The largest absolute Gasteiger partial charge is 0.490 e. The molecule has 1 aromatic carbocycles. The van der Waals surface area contributed by atoms with Crippen molar-refractivity contribution in [1.29, 1.82) is 0 Å². The number of hydrogen-bond acceptors (Lipinski definition) is 3. The Bertz CT molecular complexity index is 540. The molecule has 0 radical (unpaired) electrons. The average molecular weight is 383 g/mol. The van der Waals surface area contributed by atoms with Gasteiger partial charge in [0.05, 0.1) is 20.4 Å². The third-order valence-electron chi connectivity index (χ3n) is 1.79. The fourth-order valence-corrected chi connectivity index (χ4v) is 3.33. The molecule has 0 aliphatic rings. The molecule has 0 unspecified atom stereocenters. The van der Waals surface area contributed by atoms with E-state index in [4.69, 9.17) is 16.3 Å². The highest BCUT2D eigenvalue weighted by atomic mass is 79.9. The minimum Gasteiger partial charge on any atom is -0.490 e. The summed E-state index contributed by atoms with van der Waals surface area (Å²) in [6.45, 7) is 0.350. The van der Waals surface area contributed by atoms with Crippen LogP contribution in [-0.2, 0) is 10.0 Å². The summed E-state index contributed by atoms with van der Waals surface area (Å²) < 4.78 is 28.7. The number of halogens is 2. The van der Waals surface area contributed by atoms with E-state index in [0.717, 1.165) is 0 Å². The molecule has 1 aromatic rings.